The molecule has 0 aliphatic carbocycles. The first-order valence-corrected chi connectivity index (χ1v) is 8.35. The van der Waals surface area contributed by atoms with Crippen molar-refractivity contribution in [2.75, 3.05) is 25.0 Å². The third kappa shape index (κ3) is 3.98. The number of likely N-dealkylation sites (N-methyl/N-ethyl adjacent to an activating group) is 1. The van der Waals surface area contributed by atoms with Crippen molar-refractivity contribution in [2.24, 2.45) is 0 Å². The molecule has 122 valence electrons. The zero-order chi connectivity index (χ0) is 16.2. The smallest absolute Gasteiger partial charge is 0.225 e. The molecule has 0 aromatic carbocycles. The summed E-state index contributed by atoms with van der Waals surface area (Å²) in [6.07, 6.45) is 5.88. The molecule has 0 spiro atoms. The van der Waals surface area contributed by atoms with Gasteiger partial charge in [-0.3, -0.25) is 4.90 Å². The molecule has 0 amide bonds. The monoisotopic (exact) mass is 331 g/mol. The van der Waals surface area contributed by atoms with Gasteiger partial charge in [0.05, 0.1) is 0 Å². The summed E-state index contributed by atoms with van der Waals surface area (Å²) in [5, 5.41) is 0.602. The first-order chi connectivity index (χ1) is 11.1. The predicted molar refractivity (Wildman–Crippen MR) is 92.7 cm³/mol. The highest BCUT2D eigenvalue weighted by atomic mass is 35.5. The Bertz CT molecular complexity index is 663. The maximum Gasteiger partial charge on any atom is 0.225 e. The fourth-order valence-corrected chi connectivity index (χ4v) is 3.22. The molecule has 3 heterocycles. The quantitative estimate of drug-likeness (QED) is 0.806. The van der Waals surface area contributed by atoms with Gasteiger partial charge in [-0.05, 0) is 38.4 Å². The lowest BCUT2D eigenvalue weighted by Crippen LogP contribution is -2.46. The highest BCUT2D eigenvalue weighted by Crippen LogP contribution is 2.21. The van der Waals surface area contributed by atoms with Gasteiger partial charge in [-0.15, -0.1) is 0 Å². The van der Waals surface area contributed by atoms with E-state index in [2.05, 4.69) is 31.8 Å². The lowest BCUT2D eigenvalue weighted by atomic mass is 10.0. The molecule has 1 unspecified atom stereocenters. The van der Waals surface area contributed by atoms with Crippen LogP contribution in [0, 0.1) is 6.92 Å². The summed E-state index contributed by atoms with van der Waals surface area (Å²) >= 11 is 6.19. The largest absolute Gasteiger partial charge is 0.340 e. The average molecular weight is 332 g/mol. The standard InChI is InChI=1S/C17H22ClN5/c1-13-7-9-20-17(21-13)22(2)15-6-4-10-23(12-15)11-14-5-3-8-19-16(14)18/h3,5,7-9,15H,4,6,10-12H2,1-2H3. The lowest BCUT2D eigenvalue weighted by Gasteiger charge is -2.37. The van der Waals surface area contributed by atoms with Crippen LogP contribution in [0.2, 0.25) is 5.15 Å². The highest BCUT2D eigenvalue weighted by Gasteiger charge is 2.25. The van der Waals surface area contributed by atoms with Crippen molar-refractivity contribution in [1.82, 2.24) is 19.9 Å². The number of piperidine rings is 1. The molecular formula is C17H22ClN5. The van der Waals surface area contributed by atoms with Gasteiger partial charge in [0.1, 0.15) is 5.15 Å². The molecule has 2 aromatic rings. The first kappa shape index (κ1) is 16.1. The second-order valence-electron chi connectivity index (χ2n) is 6.09. The van der Waals surface area contributed by atoms with Crippen LogP contribution >= 0.6 is 11.6 Å². The Balaban J connectivity index is 1.67. The third-order valence-corrected chi connectivity index (χ3v) is 4.70. The van der Waals surface area contributed by atoms with Gasteiger partial charge in [-0.25, -0.2) is 15.0 Å². The summed E-state index contributed by atoms with van der Waals surface area (Å²) in [5.41, 5.74) is 2.08. The third-order valence-electron chi connectivity index (χ3n) is 4.36. The van der Waals surface area contributed by atoms with Crippen molar-refractivity contribution in [1.29, 1.82) is 0 Å². The average Bonchev–Trinajstić information content (AvgIpc) is 2.56. The molecule has 1 aliphatic rings. The number of likely N-dealkylation sites (tertiary alicyclic amines) is 1. The van der Waals surface area contributed by atoms with Crippen LogP contribution in [0.25, 0.3) is 0 Å². The summed E-state index contributed by atoms with van der Waals surface area (Å²) in [5.74, 6) is 0.802. The lowest BCUT2D eigenvalue weighted by molar-refractivity contribution is 0.198. The Morgan fingerprint density at radius 2 is 2.17 bits per heavy atom. The van der Waals surface area contributed by atoms with E-state index in [9.17, 15) is 0 Å². The van der Waals surface area contributed by atoms with Gasteiger partial charge in [0.2, 0.25) is 5.95 Å². The van der Waals surface area contributed by atoms with Gasteiger partial charge in [-0.1, -0.05) is 17.7 Å². The molecule has 1 saturated heterocycles. The number of nitrogens with zero attached hydrogens (tertiary/aromatic N) is 5. The number of halogens is 1. The van der Waals surface area contributed by atoms with E-state index in [1.54, 1.807) is 6.20 Å². The van der Waals surface area contributed by atoms with E-state index in [-0.39, 0.29) is 0 Å². The van der Waals surface area contributed by atoms with E-state index in [4.69, 9.17) is 11.6 Å². The van der Waals surface area contributed by atoms with Crippen LogP contribution in [0.3, 0.4) is 0 Å². The van der Waals surface area contributed by atoms with Gasteiger partial charge < -0.3 is 4.90 Å². The number of anilines is 1. The molecule has 1 atom stereocenters. The number of aromatic nitrogens is 3. The molecule has 0 N–H and O–H groups in total. The SMILES string of the molecule is Cc1ccnc(N(C)C2CCCN(Cc3cccnc3Cl)C2)n1. The highest BCUT2D eigenvalue weighted by molar-refractivity contribution is 6.30. The number of aryl methyl sites for hydroxylation is 1. The summed E-state index contributed by atoms with van der Waals surface area (Å²) < 4.78 is 0. The molecule has 3 rings (SSSR count). The van der Waals surface area contributed by atoms with Crippen molar-refractivity contribution < 1.29 is 0 Å². The fourth-order valence-electron chi connectivity index (χ4n) is 3.04. The van der Waals surface area contributed by atoms with Crippen molar-refractivity contribution >= 4 is 17.5 Å². The first-order valence-electron chi connectivity index (χ1n) is 7.97. The number of rotatable bonds is 4. The predicted octanol–water partition coefficient (Wildman–Crippen LogP) is 2.93. The van der Waals surface area contributed by atoms with E-state index in [0.29, 0.717) is 11.2 Å². The summed E-state index contributed by atoms with van der Waals surface area (Å²) in [6.45, 7) is 4.91. The van der Waals surface area contributed by atoms with E-state index < -0.39 is 0 Å². The fraction of sp³-hybridized carbons (Fsp3) is 0.471. The Morgan fingerprint density at radius 1 is 1.30 bits per heavy atom. The minimum absolute atomic E-state index is 0.418. The molecule has 1 aliphatic heterocycles. The van der Waals surface area contributed by atoms with Gasteiger partial charge >= 0.3 is 0 Å². The summed E-state index contributed by atoms with van der Waals surface area (Å²) in [7, 11) is 2.08. The Morgan fingerprint density at radius 3 is 2.96 bits per heavy atom. The summed E-state index contributed by atoms with van der Waals surface area (Å²) in [6, 6.07) is 6.33. The minimum atomic E-state index is 0.418. The molecule has 2 aromatic heterocycles. The molecule has 0 bridgehead atoms. The Kier molecular flexibility index (Phi) is 5.08. The minimum Gasteiger partial charge on any atom is -0.340 e. The van der Waals surface area contributed by atoms with Crippen LogP contribution in [-0.4, -0.2) is 46.0 Å². The second-order valence-corrected chi connectivity index (χ2v) is 6.45. The van der Waals surface area contributed by atoms with Crippen LogP contribution < -0.4 is 4.90 Å². The number of hydrogen-bond acceptors (Lipinski definition) is 5. The van der Waals surface area contributed by atoms with Gasteiger partial charge in [0.25, 0.3) is 0 Å². The number of pyridine rings is 1. The molecule has 1 fully saturated rings. The van der Waals surface area contributed by atoms with E-state index in [0.717, 1.165) is 43.3 Å². The van der Waals surface area contributed by atoms with Crippen LogP contribution in [0.1, 0.15) is 24.1 Å². The van der Waals surface area contributed by atoms with Gasteiger partial charge in [0.15, 0.2) is 0 Å². The molecule has 0 radical (unpaired) electrons. The van der Waals surface area contributed by atoms with Crippen LogP contribution in [0.15, 0.2) is 30.6 Å². The topological polar surface area (TPSA) is 45.2 Å². The van der Waals surface area contributed by atoms with Crippen molar-refractivity contribution in [2.45, 2.75) is 32.4 Å². The van der Waals surface area contributed by atoms with E-state index in [1.807, 2.05) is 31.3 Å². The van der Waals surface area contributed by atoms with Crippen molar-refractivity contribution in [3.05, 3.63) is 47.0 Å². The molecule has 23 heavy (non-hydrogen) atoms. The van der Waals surface area contributed by atoms with E-state index in [1.165, 1.54) is 6.42 Å². The second kappa shape index (κ2) is 7.23. The normalized spacial score (nSPS) is 18.8. The Labute approximate surface area is 142 Å². The van der Waals surface area contributed by atoms with Crippen LogP contribution in [0.4, 0.5) is 5.95 Å². The molecular weight excluding hydrogens is 310 g/mol. The maximum absolute atomic E-state index is 6.19. The van der Waals surface area contributed by atoms with Crippen molar-refractivity contribution in [3.8, 4) is 0 Å². The van der Waals surface area contributed by atoms with Gasteiger partial charge in [0, 0.05) is 49.8 Å². The zero-order valence-corrected chi connectivity index (χ0v) is 14.4. The zero-order valence-electron chi connectivity index (χ0n) is 13.6. The van der Waals surface area contributed by atoms with Gasteiger partial charge in [-0.2, -0.15) is 0 Å². The van der Waals surface area contributed by atoms with E-state index >= 15 is 0 Å². The Hall–Kier alpha value is -1.72. The van der Waals surface area contributed by atoms with Crippen molar-refractivity contribution in [3.63, 3.8) is 0 Å². The van der Waals surface area contributed by atoms with Crippen LogP contribution in [0.5, 0.6) is 0 Å². The molecule has 6 heteroatoms. The molecule has 0 saturated carbocycles. The molecule has 5 nitrogen and oxygen atoms in total. The maximum atomic E-state index is 6.19. The number of hydrogen-bond donors (Lipinski definition) is 0. The summed E-state index contributed by atoms with van der Waals surface area (Å²) in [4.78, 5) is 17.7. The van der Waals surface area contributed by atoms with Crippen LogP contribution in [-0.2, 0) is 6.54 Å².